The molecule has 1 aliphatic rings. The Kier molecular flexibility index (Phi) is 1.82. The maximum Gasteiger partial charge on any atom is 0.204 e. The molecule has 4 N–H and O–H groups in total. The summed E-state index contributed by atoms with van der Waals surface area (Å²) in [6.07, 6.45) is 0. The van der Waals surface area contributed by atoms with Gasteiger partial charge in [0, 0.05) is 5.57 Å². The molecule has 0 aromatic carbocycles. The summed E-state index contributed by atoms with van der Waals surface area (Å²) in [5.74, 6) is -0.752. The van der Waals surface area contributed by atoms with E-state index in [9.17, 15) is 0 Å². The number of rotatable bonds is 1. The summed E-state index contributed by atoms with van der Waals surface area (Å²) in [4.78, 5) is 0. The summed E-state index contributed by atoms with van der Waals surface area (Å²) in [6, 6.07) is 0. The first-order valence-corrected chi connectivity index (χ1v) is 3.67. The minimum Gasteiger partial charge on any atom is -0.290 e. The van der Waals surface area contributed by atoms with Crippen molar-refractivity contribution in [1.29, 1.82) is 0 Å². The molecular weight excluding hydrogens is 140 g/mol. The lowest BCUT2D eigenvalue weighted by Crippen LogP contribution is -2.49. The highest BCUT2D eigenvalue weighted by Crippen LogP contribution is 2.29. The van der Waals surface area contributed by atoms with E-state index in [1.165, 1.54) is 0 Å². The van der Waals surface area contributed by atoms with Crippen LogP contribution in [-0.2, 0) is 0 Å². The van der Waals surface area contributed by atoms with Crippen LogP contribution in [0.4, 0.5) is 0 Å². The Morgan fingerprint density at radius 1 is 1.36 bits per heavy atom. The second-order valence-electron chi connectivity index (χ2n) is 3.18. The van der Waals surface area contributed by atoms with Crippen LogP contribution in [-0.4, -0.2) is 5.79 Å². The van der Waals surface area contributed by atoms with E-state index < -0.39 is 5.79 Å². The van der Waals surface area contributed by atoms with Gasteiger partial charge >= 0.3 is 0 Å². The molecule has 0 fully saturated rings. The monoisotopic (exact) mass is 154 g/mol. The van der Waals surface area contributed by atoms with Gasteiger partial charge in [0.25, 0.3) is 0 Å². The summed E-state index contributed by atoms with van der Waals surface area (Å²) in [6.45, 7) is 5.94. The lowest BCUT2D eigenvalue weighted by molar-refractivity contribution is 0.491. The van der Waals surface area contributed by atoms with E-state index in [-0.39, 0.29) is 0 Å². The molecule has 0 aromatic rings. The van der Waals surface area contributed by atoms with Crippen LogP contribution in [0.15, 0.2) is 21.5 Å². The number of hydrogen-bond donors (Lipinski definition) is 2. The van der Waals surface area contributed by atoms with Crippen LogP contribution < -0.4 is 11.5 Å². The van der Waals surface area contributed by atoms with Gasteiger partial charge in [-0.1, -0.05) is 13.8 Å². The number of azo groups is 1. The number of nitrogens with two attached hydrogens (primary N) is 2. The van der Waals surface area contributed by atoms with E-state index in [4.69, 9.17) is 11.5 Å². The Balaban J connectivity index is 3.02. The number of hydrogen-bond acceptors (Lipinski definition) is 4. The first-order chi connectivity index (χ1) is 4.95. The van der Waals surface area contributed by atoms with Crippen molar-refractivity contribution in [2.24, 2.45) is 27.6 Å². The molecule has 0 spiro atoms. The molecular formula is C7H14N4. The molecule has 0 amide bonds. The summed E-state index contributed by atoms with van der Waals surface area (Å²) < 4.78 is 0. The molecule has 1 heterocycles. The fourth-order valence-electron chi connectivity index (χ4n) is 1.44. The summed E-state index contributed by atoms with van der Waals surface area (Å²) in [5.41, 5.74) is 13.1. The average Bonchev–Trinajstić information content (AvgIpc) is 2.06. The molecule has 4 heteroatoms. The van der Waals surface area contributed by atoms with Crippen LogP contribution in [0, 0.1) is 5.92 Å². The fraction of sp³-hybridized carbons (Fsp3) is 0.714. The van der Waals surface area contributed by atoms with Gasteiger partial charge < -0.3 is 0 Å². The highest BCUT2D eigenvalue weighted by Gasteiger charge is 2.32. The van der Waals surface area contributed by atoms with Gasteiger partial charge in [-0.2, -0.15) is 5.11 Å². The quantitative estimate of drug-likeness (QED) is 0.552. The van der Waals surface area contributed by atoms with Gasteiger partial charge in [0.15, 0.2) is 0 Å². The van der Waals surface area contributed by atoms with E-state index in [0.717, 1.165) is 11.3 Å². The first-order valence-electron chi connectivity index (χ1n) is 3.67. The van der Waals surface area contributed by atoms with Crippen LogP contribution in [0.1, 0.15) is 20.8 Å². The molecule has 0 unspecified atom stereocenters. The second-order valence-corrected chi connectivity index (χ2v) is 3.18. The lowest BCUT2D eigenvalue weighted by atomic mass is 9.96. The van der Waals surface area contributed by atoms with Gasteiger partial charge in [-0.05, 0) is 12.8 Å². The van der Waals surface area contributed by atoms with Crippen molar-refractivity contribution in [3.8, 4) is 0 Å². The third kappa shape index (κ3) is 1.32. The second kappa shape index (κ2) is 2.39. The smallest absolute Gasteiger partial charge is 0.204 e. The molecule has 0 saturated heterocycles. The van der Waals surface area contributed by atoms with E-state index in [0.29, 0.717) is 5.92 Å². The van der Waals surface area contributed by atoms with E-state index >= 15 is 0 Å². The summed E-state index contributed by atoms with van der Waals surface area (Å²) in [7, 11) is 0. The molecule has 62 valence electrons. The Hall–Kier alpha value is -0.740. The molecule has 11 heavy (non-hydrogen) atoms. The maximum absolute atomic E-state index is 5.67. The predicted octanol–water partition coefficient (Wildman–Crippen LogP) is 0.953. The minimum absolute atomic E-state index is 0.306. The molecule has 0 saturated carbocycles. The highest BCUT2D eigenvalue weighted by molar-refractivity contribution is 5.26. The summed E-state index contributed by atoms with van der Waals surface area (Å²) >= 11 is 0. The Labute approximate surface area is 66.4 Å². The van der Waals surface area contributed by atoms with Crippen molar-refractivity contribution < 1.29 is 0 Å². The van der Waals surface area contributed by atoms with Crippen molar-refractivity contribution in [2.75, 3.05) is 0 Å². The first kappa shape index (κ1) is 8.36. The lowest BCUT2D eigenvalue weighted by Gasteiger charge is -2.20. The zero-order valence-electron chi connectivity index (χ0n) is 7.13. The van der Waals surface area contributed by atoms with Crippen LogP contribution in [0.2, 0.25) is 0 Å². The number of allylic oxidation sites excluding steroid dienone is 1. The molecule has 0 aliphatic carbocycles. The van der Waals surface area contributed by atoms with Gasteiger partial charge in [-0.3, -0.25) is 11.5 Å². The molecule has 0 aromatic heterocycles. The van der Waals surface area contributed by atoms with Crippen molar-refractivity contribution in [2.45, 2.75) is 26.6 Å². The largest absolute Gasteiger partial charge is 0.290 e. The topological polar surface area (TPSA) is 76.8 Å². The SMILES string of the molecule is CC1=C(C(C)C)C(N)(N)N=N1. The maximum atomic E-state index is 5.67. The van der Waals surface area contributed by atoms with Crippen molar-refractivity contribution in [3.63, 3.8) is 0 Å². The van der Waals surface area contributed by atoms with Crippen LogP contribution in [0.5, 0.6) is 0 Å². The number of nitrogens with zero attached hydrogens (tertiary/aromatic N) is 2. The summed E-state index contributed by atoms with van der Waals surface area (Å²) in [5, 5.41) is 7.60. The van der Waals surface area contributed by atoms with Crippen molar-refractivity contribution >= 4 is 0 Å². The molecule has 0 bridgehead atoms. The Bertz CT molecular complexity index is 225. The van der Waals surface area contributed by atoms with Gasteiger partial charge in [0.05, 0.1) is 5.70 Å². The van der Waals surface area contributed by atoms with Crippen LogP contribution in [0.3, 0.4) is 0 Å². The zero-order valence-corrected chi connectivity index (χ0v) is 7.13. The zero-order chi connectivity index (χ0) is 8.65. The van der Waals surface area contributed by atoms with Gasteiger partial charge in [0.1, 0.15) is 0 Å². The van der Waals surface area contributed by atoms with Gasteiger partial charge in [-0.15, -0.1) is 5.11 Å². The van der Waals surface area contributed by atoms with Crippen LogP contribution >= 0.6 is 0 Å². The normalized spacial score (nSPS) is 22.0. The Morgan fingerprint density at radius 3 is 2.09 bits per heavy atom. The highest BCUT2D eigenvalue weighted by atomic mass is 15.3. The Morgan fingerprint density at radius 2 is 1.91 bits per heavy atom. The van der Waals surface area contributed by atoms with E-state index in [1.807, 2.05) is 20.8 Å². The standard InChI is InChI=1S/C7H14N4/c1-4(2)6-5(3)10-11-7(6,8)9/h4H,8-9H2,1-3H3. The van der Waals surface area contributed by atoms with Crippen molar-refractivity contribution in [1.82, 2.24) is 0 Å². The van der Waals surface area contributed by atoms with E-state index in [2.05, 4.69) is 10.2 Å². The van der Waals surface area contributed by atoms with Crippen LogP contribution in [0.25, 0.3) is 0 Å². The van der Waals surface area contributed by atoms with E-state index in [1.54, 1.807) is 0 Å². The average molecular weight is 154 g/mol. The third-order valence-corrected chi connectivity index (χ3v) is 1.76. The minimum atomic E-state index is -1.06. The fourth-order valence-corrected chi connectivity index (χ4v) is 1.44. The van der Waals surface area contributed by atoms with Gasteiger partial charge in [-0.25, -0.2) is 0 Å². The molecule has 0 atom stereocenters. The third-order valence-electron chi connectivity index (χ3n) is 1.76. The van der Waals surface area contributed by atoms with Gasteiger partial charge in [0.2, 0.25) is 5.79 Å². The molecule has 4 nitrogen and oxygen atoms in total. The molecule has 1 aliphatic heterocycles. The predicted molar refractivity (Wildman–Crippen MR) is 43.5 cm³/mol. The molecule has 1 rings (SSSR count). The molecule has 0 radical (unpaired) electrons. The van der Waals surface area contributed by atoms with Crippen molar-refractivity contribution in [3.05, 3.63) is 11.3 Å².